The van der Waals surface area contributed by atoms with E-state index < -0.39 is 0 Å². The van der Waals surface area contributed by atoms with Gasteiger partial charge in [-0.15, -0.1) is 10.2 Å². The molecule has 3 rings (SSSR count). The Hall–Kier alpha value is -1.89. The minimum atomic E-state index is -0.271. The van der Waals surface area contributed by atoms with Gasteiger partial charge in [0, 0.05) is 26.6 Å². The maximum atomic E-state index is 12.9. The lowest BCUT2D eigenvalue weighted by atomic mass is 10.2. The molecule has 1 aliphatic rings. The molecule has 1 amide bonds. The van der Waals surface area contributed by atoms with Crippen LogP contribution in [0.2, 0.25) is 0 Å². The Labute approximate surface area is 138 Å². The van der Waals surface area contributed by atoms with E-state index in [4.69, 9.17) is 0 Å². The third-order valence-corrected chi connectivity index (χ3v) is 4.90. The van der Waals surface area contributed by atoms with Crippen molar-refractivity contribution in [2.75, 3.05) is 12.8 Å². The summed E-state index contributed by atoms with van der Waals surface area (Å²) >= 11 is 1.40. The first kappa shape index (κ1) is 16.0. The summed E-state index contributed by atoms with van der Waals surface area (Å²) in [5.74, 6) is 1.61. The number of thioether (sulfide) groups is 1. The van der Waals surface area contributed by atoms with E-state index in [0.717, 1.165) is 16.5 Å². The van der Waals surface area contributed by atoms with E-state index in [1.807, 2.05) is 11.6 Å². The molecule has 1 aromatic heterocycles. The van der Waals surface area contributed by atoms with Gasteiger partial charge in [0.1, 0.15) is 11.6 Å². The van der Waals surface area contributed by atoms with Crippen LogP contribution < -0.4 is 0 Å². The van der Waals surface area contributed by atoms with Crippen molar-refractivity contribution in [3.63, 3.8) is 0 Å². The first-order valence-electron chi connectivity index (χ1n) is 7.55. The van der Waals surface area contributed by atoms with Crippen molar-refractivity contribution >= 4 is 17.7 Å². The van der Waals surface area contributed by atoms with Crippen molar-refractivity contribution in [1.82, 2.24) is 19.7 Å². The van der Waals surface area contributed by atoms with Gasteiger partial charge in [0.15, 0.2) is 5.16 Å². The van der Waals surface area contributed by atoms with E-state index in [0.29, 0.717) is 18.2 Å². The van der Waals surface area contributed by atoms with E-state index in [1.54, 1.807) is 24.1 Å². The Morgan fingerprint density at radius 3 is 2.70 bits per heavy atom. The van der Waals surface area contributed by atoms with Crippen LogP contribution in [-0.2, 0) is 18.4 Å². The number of halogens is 1. The Balaban J connectivity index is 1.53. The number of carbonyl (C=O) groups excluding carboxylic acids is 1. The highest BCUT2D eigenvalue weighted by Crippen LogP contribution is 2.39. The van der Waals surface area contributed by atoms with Gasteiger partial charge >= 0.3 is 0 Å². The van der Waals surface area contributed by atoms with Gasteiger partial charge in [-0.3, -0.25) is 4.79 Å². The summed E-state index contributed by atoms with van der Waals surface area (Å²) in [6, 6.07) is 6.19. The molecule has 7 heteroatoms. The maximum absolute atomic E-state index is 12.9. The first-order valence-corrected chi connectivity index (χ1v) is 8.53. The molecule has 0 N–H and O–H groups in total. The van der Waals surface area contributed by atoms with Gasteiger partial charge in [-0.2, -0.15) is 0 Å². The molecule has 1 aromatic carbocycles. The molecule has 1 heterocycles. The quantitative estimate of drug-likeness (QED) is 0.762. The molecule has 1 saturated carbocycles. The second-order valence-corrected chi connectivity index (χ2v) is 6.78. The molecule has 1 aliphatic carbocycles. The van der Waals surface area contributed by atoms with Gasteiger partial charge in [0.25, 0.3) is 0 Å². The molecular weight excluding hydrogens is 315 g/mol. The Bertz CT molecular complexity index is 697. The van der Waals surface area contributed by atoms with Crippen molar-refractivity contribution in [2.24, 2.45) is 7.05 Å². The summed E-state index contributed by atoms with van der Waals surface area (Å²) in [6.45, 7) is 0.464. The van der Waals surface area contributed by atoms with Crippen molar-refractivity contribution in [1.29, 1.82) is 0 Å². The summed E-state index contributed by atoms with van der Waals surface area (Å²) in [7, 11) is 3.70. The number of carbonyl (C=O) groups is 1. The van der Waals surface area contributed by atoms with Crippen LogP contribution in [0.25, 0.3) is 0 Å². The lowest BCUT2D eigenvalue weighted by Crippen LogP contribution is -2.27. The lowest BCUT2D eigenvalue weighted by molar-refractivity contribution is -0.127. The highest BCUT2D eigenvalue weighted by atomic mass is 32.2. The van der Waals surface area contributed by atoms with Gasteiger partial charge < -0.3 is 9.47 Å². The van der Waals surface area contributed by atoms with Gasteiger partial charge in [0.05, 0.1) is 5.75 Å². The standard InChI is InChI=1S/C16H19FN4OS/c1-20(9-11-3-7-13(17)8-4-11)14(22)10-23-16-19-18-15(21(16)2)12-5-6-12/h3-4,7-8,12H,5-6,9-10H2,1-2H3. The topological polar surface area (TPSA) is 51.0 Å². The van der Waals surface area contributed by atoms with Crippen LogP contribution in [-0.4, -0.2) is 38.4 Å². The minimum absolute atomic E-state index is 0.00953. The summed E-state index contributed by atoms with van der Waals surface area (Å²) in [6.07, 6.45) is 2.35. The van der Waals surface area contributed by atoms with Gasteiger partial charge in [0.2, 0.25) is 5.91 Å². The summed E-state index contributed by atoms with van der Waals surface area (Å²) in [4.78, 5) is 13.9. The molecular formula is C16H19FN4OS. The zero-order chi connectivity index (χ0) is 16.4. The van der Waals surface area contributed by atoms with E-state index in [9.17, 15) is 9.18 Å². The van der Waals surface area contributed by atoms with Crippen LogP contribution in [0, 0.1) is 5.82 Å². The predicted octanol–water partition coefficient (Wildman–Crippen LogP) is 2.58. The molecule has 0 spiro atoms. The molecule has 5 nitrogen and oxygen atoms in total. The van der Waals surface area contributed by atoms with Crippen LogP contribution in [0.1, 0.15) is 30.1 Å². The van der Waals surface area contributed by atoms with Crippen molar-refractivity contribution in [3.05, 3.63) is 41.5 Å². The molecule has 0 radical (unpaired) electrons. The Kier molecular flexibility index (Phi) is 4.66. The van der Waals surface area contributed by atoms with Crippen molar-refractivity contribution < 1.29 is 9.18 Å². The van der Waals surface area contributed by atoms with Crippen LogP contribution in [0.4, 0.5) is 4.39 Å². The monoisotopic (exact) mass is 334 g/mol. The largest absolute Gasteiger partial charge is 0.341 e. The van der Waals surface area contributed by atoms with Crippen molar-refractivity contribution in [2.45, 2.75) is 30.5 Å². The van der Waals surface area contributed by atoms with Crippen LogP contribution >= 0.6 is 11.8 Å². The number of hydrogen-bond donors (Lipinski definition) is 0. The minimum Gasteiger partial charge on any atom is -0.341 e. The Morgan fingerprint density at radius 1 is 1.35 bits per heavy atom. The highest BCUT2D eigenvalue weighted by Gasteiger charge is 2.29. The average molecular weight is 334 g/mol. The third kappa shape index (κ3) is 3.90. The predicted molar refractivity (Wildman–Crippen MR) is 86.6 cm³/mol. The zero-order valence-electron chi connectivity index (χ0n) is 13.2. The van der Waals surface area contributed by atoms with Gasteiger partial charge in [-0.1, -0.05) is 23.9 Å². The Morgan fingerprint density at radius 2 is 2.04 bits per heavy atom. The fraction of sp³-hybridized carbons (Fsp3) is 0.438. The average Bonchev–Trinajstić information content (AvgIpc) is 3.31. The molecule has 0 bridgehead atoms. The van der Waals surface area contributed by atoms with E-state index in [2.05, 4.69) is 10.2 Å². The van der Waals surface area contributed by atoms with Gasteiger partial charge in [-0.25, -0.2) is 4.39 Å². The number of nitrogens with zero attached hydrogens (tertiary/aromatic N) is 4. The fourth-order valence-corrected chi connectivity index (χ4v) is 3.20. The highest BCUT2D eigenvalue weighted by molar-refractivity contribution is 7.99. The number of amides is 1. The van der Waals surface area contributed by atoms with Crippen LogP contribution in [0.5, 0.6) is 0 Å². The number of rotatable bonds is 6. The molecule has 23 heavy (non-hydrogen) atoms. The fourth-order valence-electron chi connectivity index (χ4n) is 2.34. The molecule has 2 aromatic rings. The van der Waals surface area contributed by atoms with E-state index >= 15 is 0 Å². The van der Waals surface area contributed by atoms with E-state index in [1.165, 1.54) is 36.7 Å². The van der Waals surface area contributed by atoms with Crippen LogP contribution in [0.15, 0.2) is 29.4 Å². The lowest BCUT2D eigenvalue weighted by Gasteiger charge is -2.17. The second-order valence-electron chi connectivity index (χ2n) is 5.84. The molecule has 1 fully saturated rings. The number of benzene rings is 1. The number of aromatic nitrogens is 3. The number of hydrogen-bond acceptors (Lipinski definition) is 4. The molecule has 0 saturated heterocycles. The second kappa shape index (κ2) is 6.70. The summed E-state index contributed by atoms with van der Waals surface area (Å²) in [5.41, 5.74) is 0.905. The maximum Gasteiger partial charge on any atom is 0.233 e. The first-order chi connectivity index (χ1) is 11.0. The van der Waals surface area contributed by atoms with E-state index in [-0.39, 0.29) is 11.7 Å². The third-order valence-electron chi connectivity index (χ3n) is 3.89. The molecule has 0 aliphatic heterocycles. The zero-order valence-corrected chi connectivity index (χ0v) is 14.0. The summed E-state index contributed by atoms with van der Waals surface area (Å²) in [5, 5.41) is 9.15. The molecule has 0 unspecified atom stereocenters. The SMILES string of the molecule is CN(Cc1ccc(F)cc1)C(=O)CSc1nnc(C2CC2)n1C. The van der Waals surface area contributed by atoms with Crippen LogP contribution in [0.3, 0.4) is 0 Å². The smallest absolute Gasteiger partial charge is 0.233 e. The summed E-state index contributed by atoms with van der Waals surface area (Å²) < 4.78 is 14.9. The van der Waals surface area contributed by atoms with Gasteiger partial charge in [-0.05, 0) is 30.5 Å². The normalized spacial score (nSPS) is 14.0. The van der Waals surface area contributed by atoms with Crippen molar-refractivity contribution in [3.8, 4) is 0 Å². The molecule has 0 atom stereocenters. The molecule has 122 valence electrons.